The van der Waals surface area contributed by atoms with Crippen molar-refractivity contribution in [3.63, 3.8) is 0 Å². The Hall–Kier alpha value is -8.26. The molecule has 296 valence electrons. The Kier molecular flexibility index (Phi) is 9.97. The van der Waals surface area contributed by atoms with Gasteiger partial charge in [-0.15, -0.1) is 0 Å². The molecule has 63 heavy (non-hydrogen) atoms. The van der Waals surface area contributed by atoms with Crippen molar-refractivity contribution in [3.8, 4) is 66.8 Å². The van der Waals surface area contributed by atoms with E-state index in [9.17, 15) is 0 Å². The zero-order chi connectivity index (χ0) is 42.0. The number of anilines is 3. The lowest BCUT2D eigenvalue weighted by atomic mass is 9.89. The summed E-state index contributed by atoms with van der Waals surface area (Å²) in [5, 5.41) is 4.98. The van der Waals surface area contributed by atoms with Gasteiger partial charge >= 0.3 is 0 Å². The second kappa shape index (κ2) is 16.7. The normalized spacial score (nSPS) is 11.2. The lowest BCUT2D eigenvalue weighted by Gasteiger charge is -2.26. The molecule has 0 radical (unpaired) electrons. The summed E-state index contributed by atoms with van der Waals surface area (Å²) in [4.78, 5) is 2.37. The van der Waals surface area contributed by atoms with Gasteiger partial charge in [0.15, 0.2) is 0 Å². The van der Waals surface area contributed by atoms with Gasteiger partial charge in [0, 0.05) is 17.1 Å². The number of hydrogen-bond acceptors (Lipinski definition) is 1. The molecule has 0 aliphatic rings. The third-order valence-corrected chi connectivity index (χ3v) is 12.3. The fourth-order valence-electron chi connectivity index (χ4n) is 9.03. The van der Waals surface area contributed by atoms with Crippen LogP contribution in [0.3, 0.4) is 0 Å². The minimum atomic E-state index is 1.09. The van der Waals surface area contributed by atoms with Crippen LogP contribution in [-0.4, -0.2) is 0 Å². The third kappa shape index (κ3) is 7.58. The highest BCUT2D eigenvalue weighted by Gasteiger charge is 2.17. The summed E-state index contributed by atoms with van der Waals surface area (Å²) < 4.78 is 0. The lowest BCUT2D eigenvalue weighted by Crippen LogP contribution is -2.09. The zero-order valence-corrected chi connectivity index (χ0v) is 34.8. The van der Waals surface area contributed by atoms with E-state index in [2.05, 4.69) is 266 Å². The van der Waals surface area contributed by atoms with Crippen LogP contribution in [0.2, 0.25) is 0 Å². The summed E-state index contributed by atoms with van der Waals surface area (Å²) in [6.07, 6.45) is 0. The molecule has 1 nitrogen and oxygen atoms in total. The molecule has 0 bridgehead atoms. The minimum absolute atomic E-state index is 1.09. The van der Waals surface area contributed by atoms with Crippen LogP contribution in [0.25, 0.3) is 88.3 Å². The van der Waals surface area contributed by atoms with Crippen LogP contribution in [0.1, 0.15) is 0 Å². The van der Waals surface area contributed by atoms with Gasteiger partial charge in [-0.05, 0) is 143 Å². The van der Waals surface area contributed by atoms with Crippen LogP contribution in [0.4, 0.5) is 17.1 Å². The molecular weight excluding hydrogens is 759 g/mol. The second-order valence-corrected chi connectivity index (χ2v) is 16.1. The molecule has 0 saturated heterocycles. The Balaban J connectivity index is 0.973. The maximum atomic E-state index is 2.37. The van der Waals surface area contributed by atoms with Gasteiger partial charge in [0.1, 0.15) is 0 Å². The smallest absolute Gasteiger partial charge is 0.0462 e. The molecule has 0 spiro atoms. The number of rotatable bonds is 9. The quantitative estimate of drug-likeness (QED) is 0.141. The topological polar surface area (TPSA) is 3.24 Å². The zero-order valence-electron chi connectivity index (χ0n) is 34.8. The summed E-state index contributed by atoms with van der Waals surface area (Å²) >= 11 is 0. The Morgan fingerprint density at radius 3 is 1.16 bits per heavy atom. The van der Waals surface area contributed by atoms with Gasteiger partial charge in [0.2, 0.25) is 0 Å². The van der Waals surface area contributed by atoms with E-state index in [0.29, 0.717) is 0 Å². The van der Waals surface area contributed by atoms with E-state index in [-0.39, 0.29) is 0 Å². The lowest BCUT2D eigenvalue weighted by molar-refractivity contribution is 1.28. The van der Waals surface area contributed by atoms with Gasteiger partial charge in [0.05, 0.1) is 0 Å². The van der Waals surface area contributed by atoms with Gasteiger partial charge in [-0.2, -0.15) is 0 Å². The fraction of sp³-hybridized carbons (Fsp3) is 0. The Labute approximate surface area is 369 Å². The van der Waals surface area contributed by atoms with E-state index >= 15 is 0 Å². The van der Waals surface area contributed by atoms with Crippen molar-refractivity contribution in [2.24, 2.45) is 0 Å². The molecule has 0 unspecified atom stereocenters. The van der Waals surface area contributed by atoms with Crippen LogP contribution in [0.15, 0.2) is 261 Å². The third-order valence-electron chi connectivity index (χ3n) is 12.3. The Morgan fingerprint density at radius 1 is 0.206 bits per heavy atom. The van der Waals surface area contributed by atoms with E-state index in [4.69, 9.17) is 0 Å². The van der Waals surface area contributed by atoms with Crippen LogP contribution < -0.4 is 4.90 Å². The molecular formula is C62H43N. The molecule has 11 aromatic carbocycles. The predicted molar refractivity (Wildman–Crippen MR) is 269 cm³/mol. The molecule has 0 aliphatic carbocycles. The molecule has 0 atom stereocenters. The number of hydrogen-bond donors (Lipinski definition) is 0. The van der Waals surface area contributed by atoms with Crippen molar-refractivity contribution in [2.45, 2.75) is 0 Å². The average Bonchev–Trinajstić information content (AvgIpc) is 3.37. The van der Waals surface area contributed by atoms with Crippen LogP contribution in [0, 0.1) is 0 Å². The molecule has 0 saturated carbocycles. The first-order chi connectivity index (χ1) is 31.2. The maximum Gasteiger partial charge on any atom is 0.0462 e. The van der Waals surface area contributed by atoms with E-state index in [1.165, 1.54) is 88.3 Å². The first-order valence-electron chi connectivity index (χ1n) is 21.7. The molecule has 0 aliphatic heterocycles. The second-order valence-electron chi connectivity index (χ2n) is 16.1. The van der Waals surface area contributed by atoms with E-state index < -0.39 is 0 Å². The standard InChI is InChI=1S/C62H43N/c1-3-13-44(14-4-1)52-20-11-21-53(41-52)46-27-34-57(35-28-46)63(58-36-29-47(30-37-58)54-22-12-23-55(42-54)56-26-25-45-15-7-8-19-51(45)43-56)59-38-31-50(32-39-59)62-60-24-10-9-18-49(60)33-40-61(62)48-16-5-2-6-17-48/h1-43H. The predicted octanol–water partition coefficient (Wildman–Crippen LogP) is 17.5. The molecule has 0 aromatic heterocycles. The summed E-state index contributed by atoms with van der Waals surface area (Å²) in [5.41, 5.74) is 17.7. The van der Waals surface area contributed by atoms with Gasteiger partial charge in [-0.3, -0.25) is 0 Å². The molecule has 0 heterocycles. The number of benzene rings is 11. The SMILES string of the molecule is c1ccc(-c2cccc(-c3ccc(N(c4ccc(-c5cccc(-c6ccc7ccccc7c6)c5)cc4)c4ccc(-c5c(-c6ccccc6)ccc6ccccc56)cc4)cc3)c2)cc1. The summed E-state index contributed by atoms with van der Waals surface area (Å²) in [6, 6.07) is 94.6. The summed E-state index contributed by atoms with van der Waals surface area (Å²) in [6.45, 7) is 0. The highest BCUT2D eigenvalue weighted by molar-refractivity contribution is 6.04. The maximum absolute atomic E-state index is 2.37. The van der Waals surface area contributed by atoms with Gasteiger partial charge in [-0.25, -0.2) is 0 Å². The van der Waals surface area contributed by atoms with Crippen molar-refractivity contribution >= 4 is 38.6 Å². The molecule has 0 fully saturated rings. The van der Waals surface area contributed by atoms with E-state index in [1.54, 1.807) is 0 Å². The monoisotopic (exact) mass is 801 g/mol. The van der Waals surface area contributed by atoms with Gasteiger partial charge < -0.3 is 4.90 Å². The first-order valence-corrected chi connectivity index (χ1v) is 21.7. The molecule has 11 rings (SSSR count). The number of nitrogens with zero attached hydrogens (tertiary/aromatic N) is 1. The summed E-state index contributed by atoms with van der Waals surface area (Å²) in [7, 11) is 0. The van der Waals surface area contributed by atoms with Crippen LogP contribution in [0.5, 0.6) is 0 Å². The minimum Gasteiger partial charge on any atom is -0.311 e. The van der Waals surface area contributed by atoms with Crippen molar-refractivity contribution in [1.29, 1.82) is 0 Å². The van der Waals surface area contributed by atoms with Crippen molar-refractivity contribution in [2.75, 3.05) is 4.90 Å². The first kappa shape index (κ1) is 37.7. The van der Waals surface area contributed by atoms with Crippen molar-refractivity contribution in [1.82, 2.24) is 0 Å². The highest BCUT2D eigenvalue weighted by atomic mass is 15.1. The number of fused-ring (bicyclic) bond motifs is 2. The highest BCUT2D eigenvalue weighted by Crippen LogP contribution is 2.42. The Bertz CT molecular complexity index is 3350. The largest absolute Gasteiger partial charge is 0.311 e. The van der Waals surface area contributed by atoms with E-state index in [0.717, 1.165) is 17.1 Å². The summed E-state index contributed by atoms with van der Waals surface area (Å²) in [5.74, 6) is 0. The van der Waals surface area contributed by atoms with Gasteiger partial charge in [-0.1, -0.05) is 206 Å². The molecule has 0 amide bonds. The van der Waals surface area contributed by atoms with Crippen LogP contribution >= 0.6 is 0 Å². The molecule has 0 N–H and O–H groups in total. The van der Waals surface area contributed by atoms with Crippen molar-refractivity contribution < 1.29 is 0 Å². The molecule has 11 aromatic rings. The average molecular weight is 802 g/mol. The fourth-order valence-corrected chi connectivity index (χ4v) is 9.03. The van der Waals surface area contributed by atoms with E-state index in [1.807, 2.05) is 0 Å². The molecule has 1 heteroatoms. The Morgan fingerprint density at radius 2 is 0.587 bits per heavy atom. The van der Waals surface area contributed by atoms with Crippen molar-refractivity contribution in [3.05, 3.63) is 261 Å². The van der Waals surface area contributed by atoms with Gasteiger partial charge in [0.25, 0.3) is 0 Å². The van der Waals surface area contributed by atoms with Crippen LogP contribution in [-0.2, 0) is 0 Å².